The van der Waals surface area contributed by atoms with Crippen LogP contribution in [0.5, 0.6) is 0 Å². The highest BCUT2D eigenvalue weighted by molar-refractivity contribution is 6.05. The highest BCUT2D eigenvalue weighted by atomic mass is 16.5. The van der Waals surface area contributed by atoms with Crippen LogP contribution >= 0.6 is 0 Å². The molecule has 0 bridgehead atoms. The third kappa shape index (κ3) is 3.54. The molecule has 2 rings (SSSR count). The molecule has 1 heterocycles. The molecule has 0 spiro atoms. The third-order valence-corrected chi connectivity index (χ3v) is 4.00. The highest BCUT2D eigenvalue weighted by Gasteiger charge is 2.34. The Bertz CT molecular complexity index is 377. The molecule has 1 saturated carbocycles. The van der Waals surface area contributed by atoms with Crippen molar-refractivity contribution in [1.82, 2.24) is 5.32 Å². The Balaban J connectivity index is 1.92. The topological polar surface area (TPSA) is 79.2 Å². The first-order chi connectivity index (χ1) is 9.22. The molecule has 0 aromatic carbocycles. The van der Waals surface area contributed by atoms with Crippen LogP contribution in [0.25, 0.3) is 0 Å². The van der Waals surface area contributed by atoms with Gasteiger partial charge in [0.15, 0.2) is 11.7 Å². The smallest absolute Gasteiger partial charge is 0.245 e. The lowest BCUT2D eigenvalue weighted by molar-refractivity contribution is -0.136. The maximum Gasteiger partial charge on any atom is 0.245 e. The van der Waals surface area contributed by atoms with Crippen LogP contribution < -0.4 is 5.32 Å². The van der Waals surface area contributed by atoms with E-state index in [1.165, 1.54) is 0 Å². The number of amides is 1. The molecule has 1 saturated heterocycles. The third-order valence-electron chi connectivity index (χ3n) is 4.00. The molecular weight excluding hydrogens is 244 g/mol. The minimum atomic E-state index is -1.15. The fourth-order valence-corrected chi connectivity index (χ4v) is 2.82. The molecule has 1 amide bonds. The largest absolute Gasteiger partial charge is 0.381 e. The number of hydrogen-bond acceptors (Lipinski definition) is 4. The Morgan fingerprint density at radius 2 is 1.79 bits per heavy atom. The van der Waals surface area contributed by atoms with Crippen molar-refractivity contribution in [3.05, 3.63) is 0 Å². The zero-order valence-corrected chi connectivity index (χ0v) is 11.1. The maximum atomic E-state index is 12.2. The van der Waals surface area contributed by atoms with Gasteiger partial charge in [-0.3, -0.25) is 9.59 Å². The molecule has 0 radical (unpaired) electrons. The number of carbonyl (C=O) groups is 2. The van der Waals surface area contributed by atoms with Gasteiger partial charge in [0.2, 0.25) is 5.91 Å². The molecule has 2 aliphatic rings. The molecule has 1 atom stereocenters. The number of ether oxygens (including phenoxy) is 1. The van der Waals surface area contributed by atoms with Gasteiger partial charge in [-0.15, -0.1) is 0 Å². The molecule has 0 aromatic rings. The van der Waals surface area contributed by atoms with Gasteiger partial charge in [0.05, 0.1) is 6.07 Å². The Hall–Kier alpha value is -1.41. The van der Waals surface area contributed by atoms with E-state index in [-0.39, 0.29) is 17.7 Å². The van der Waals surface area contributed by atoms with Crippen molar-refractivity contribution in [3.8, 4) is 6.07 Å². The second-order valence-electron chi connectivity index (χ2n) is 5.34. The summed E-state index contributed by atoms with van der Waals surface area (Å²) in [5.74, 6) is -2.00. The monoisotopic (exact) mass is 264 g/mol. The number of nitrogens with zero attached hydrogens (tertiary/aromatic N) is 1. The van der Waals surface area contributed by atoms with Crippen molar-refractivity contribution in [1.29, 1.82) is 5.26 Å². The first-order valence-corrected chi connectivity index (χ1v) is 7.04. The van der Waals surface area contributed by atoms with Gasteiger partial charge in [0.25, 0.3) is 0 Å². The molecule has 19 heavy (non-hydrogen) atoms. The van der Waals surface area contributed by atoms with Gasteiger partial charge in [-0.2, -0.15) is 5.26 Å². The summed E-state index contributed by atoms with van der Waals surface area (Å²) in [6, 6.07) is 2.01. The summed E-state index contributed by atoms with van der Waals surface area (Å²) in [5, 5.41) is 11.9. The van der Waals surface area contributed by atoms with E-state index in [4.69, 9.17) is 10.00 Å². The summed E-state index contributed by atoms with van der Waals surface area (Å²) < 4.78 is 5.20. The number of rotatable bonds is 4. The van der Waals surface area contributed by atoms with Gasteiger partial charge in [-0.1, -0.05) is 12.8 Å². The standard InChI is InChI=1S/C14H20N2O3/c15-9-12(13(17)10-5-7-19-8-6-10)14(18)16-11-3-1-2-4-11/h10-12H,1-8H2,(H,16,18)/t12-/m1/s1. The second kappa shape index (κ2) is 6.67. The summed E-state index contributed by atoms with van der Waals surface area (Å²) in [5.41, 5.74) is 0. The van der Waals surface area contributed by atoms with Crippen LogP contribution in [0.3, 0.4) is 0 Å². The van der Waals surface area contributed by atoms with Crippen LogP contribution in [0.2, 0.25) is 0 Å². The quantitative estimate of drug-likeness (QED) is 0.773. The summed E-state index contributed by atoms with van der Waals surface area (Å²) in [7, 11) is 0. The number of nitriles is 1. The average molecular weight is 264 g/mol. The van der Waals surface area contributed by atoms with E-state index in [0.29, 0.717) is 26.1 Å². The zero-order chi connectivity index (χ0) is 13.7. The van der Waals surface area contributed by atoms with Crippen LogP contribution in [-0.4, -0.2) is 30.9 Å². The highest BCUT2D eigenvalue weighted by Crippen LogP contribution is 2.21. The molecular formula is C14H20N2O3. The molecule has 1 aliphatic heterocycles. The van der Waals surface area contributed by atoms with E-state index < -0.39 is 11.8 Å². The minimum absolute atomic E-state index is 0.144. The van der Waals surface area contributed by atoms with Gasteiger partial charge >= 0.3 is 0 Å². The molecule has 104 valence electrons. The molecule has 5 nitrogen and oxygen atoms in total. The van der Waals surface area contributed by atoms with Crippen LogP contribution in [-0.2, 0) is 14.3 Å². The van der Waals surface area contributed by atoms with Crippen LogP contribution in [0, 0.1) is 23.2 Å². The van der Waals surface area contributed by atoms with Gasteiger partial charge in [-0.25, -0.2) is 0 Å². The van der Waals surface area contributed by atoms with Gasteiger partial charge in [0.1, 0.15) is 0 Å². The van der Waals surface area contributed by atoms with E-state index >= 15 is 0 Å². The van der Waals surface area contributed by atoms with Crippen molar-refractivity contribution in [2.45, 2.75) is 44.6 Å². The van der Waals surface area contributed by atoms with Gasteiger partial charge < -0.3 is 10.1 Å². The van der Waals surface area contributed by atoms with Crippen molar-refractivity contribution in [2.24, 2.45) is 11.8 Å². The van der Waals surface area contributed by atoms with E-state index in [1.807, 2.05) is 6.07 Å². The minimum Gasteiger partial charge on any atom is -0.381 e. The maximum absolute atomic E-state index is 12.2. The van der Waals surface area contributed by atoms with Crippen molar-refractivity contribution in [3.63, 3.8) is 0 Å². The number of Topliss-reactive ketones (excluding diaryl/α,β-unsaturated/α-hetero) is 1. The number of carbonyl (C=O) groups excluding carboxylic acids is 2. The second-order valence-corrected chi connectivity index (χ2v) is 5.34. The molecule has 5 heteroatoms. The predicted octanol–water partition coefficient (Wildman–Crippen LogP) is 1.18. The van der Waals surface area contributed by atoms with Crippen LogP contribution in [0.15, 0.2) is 0 Å². The fourth-order valence-electron chi connectivity index (χ4n) is 2.82. The molecule has 1 N–H and O–H groups in total. The van der Waals surface area contributed by atoms with E-state index in [9.17, 15) is 9.59 Å². The molecule has 0 unspecified atom stereocenters. The molecule has 0 aromatic heterocycles. The van der Waals surface area contributed by atoms with Crippen LogP contribution in [0.1, 0.15) is 38.5 Å². The molecule has 2 fully saturated rings. The fraction of sp³-hybridized carbons (Fsp3) is 0.786. The van der Waals surface area contributed by atoms with E-state index in [1.54, 1.807) is 0 Å². The average Bonchev–Trinajstić information content (AvgIpc) is 2.93. The lowest BCUT2D eigenvalue weighted by Crippen LogP contribution is -2.42. The molecule has 1 aliphatic carbocycles. The van der Waals surface area contributed by atoms with Crippen molar-refractivity contribution >= 4 is 11.7 Å². The van der Waals surface area contributed by atoms with Gasteiger partial charge in [0, 0.05) is 25.2 Å². The SMILES string of the molecule is N#C[C@@H](C(=O)NC1CCCC1)C(=O)C1CCOCC1. The first-order valence-electron chi connectivity index (χ1n) is 7.04. The van der Waals surface area contributed by atoms with Crippen molar-refractivity contribution in [2.75, 3.05) is 13.2 Å². The Morgan fingerprint density at radius 3 is 2.37 bits per heavy atom. The number of ketones is 1. The van der Waals surface area contributed by atoms with E-state index in [2.05, 4.69) is 5.32 Å². The van der Waals surface area contributed by atoms with E-state index in [0.717, 1.165) is 25.7 Å². The number of nitrogens with one attached hydrogen (secondary N) is 1. The normalized spacial score (nSPS) is 22.7. The summed E-state index contributed by atoms with van der Waals surface area (Å²) in [4.78, 5) is 24.2. The first kappa shape index (κ1) is 14.0. The summed E-state index contributed by atoms with van der Waals surface area (Å²) >= 11 is 0. The zero-order valence-electron chi connectivity index (χ0n) is 11.1. The Morgan fingerprint density at radius 1 is 1.16 bits per heavy atom. The van der Waals surface area contributed by atoms with Crippen molar-refractivity contribution < 1.29 is 14.3 Å². The summed E-state index contributed by atoms with van der Waals surface area (Å²) in [6.45, 7) is 1.08. The Labute approximate surface area is 113 Å². The predicted molar refractivity (Wildman–Crippen MR) is 68.1 cm³/mol. The van der Waals surface area contributed by atoms with Gasteiger partial charge in [-0.05, 0) is 25.7 Å². The Kier molecular flexibility index (Phi) is 4.92. The van der Waals surface area contributed by atoms with Crippen LogP contribution in [0.4, 0.5) is 0 Å². The lowest BCUT2D eigenvalue weighted by atomic mass is 9.87. The lowest BCUT2D eigenvalue weighted by Gasteiger charge is -2.23. The number of hydrogen-bond donors (Lipinski definition) is 1. The summed E-state index contributed by atoms with van der Waals surface area (Å²) in [6.07, 6.45) is 5.36.